The summed E-state index contributed by atoms with van der Waals surface area (Å²) in [5.74, 6) is 1.37. The zero-order valence-electron chi connectivity index (χ0n) is 12.8. The van der Waals surface area contributed by atoms with Crippen molar-refractivity contribution in [3.8, 4) is 0 Å². The van der Waals surface area contributed by atoms with Crippen molar-refractivity contribution in [3.63, 3.8) is 0 Å². The molecule has 20 heavy (non-hydrogen) atoms. The summed E-state index contributed by atoms with van der Waals surface area (Å²) in [6.07, 6.45) is 7.63. The molecule has 1 aromatic carbocycles. The van der Waals surface area contributed by atoms with Gasteiger partial charge in [0.05, 0.1) is 0 Å². The van der Waals surface area contributed by atoms with Gasteiger partial charge in [0.15, 0.2) is 0 Å². The molecule has 0 aromatic heterocycles. The molecule has 1 fully saturated rings. The highest BCUT2D eigenvalue weighted by Gasteiger charge is 2.25. The Morgan fingerprint density at radius 3 is 2.40 bits per heavy atom. The molecule has 0 radical (unpaired) electrons. The van der Waals surface area contributed by atoms with Crippen molar-refractivity contribution in [3.05, 3.63) is 35.9 Å². The molecular weight excluding hydrogens is 246 g/mol. The van der Waals surface area contributed by atoms with Crippen LogP contribution in [0.1, 0.15) is 62.7 Å². The molecule has 0 saturated heterocycles. The van der Waals surface area contributed by atoms with E-state index in [1.165, 1.54) is 32.1 Å². The third kappa shape index (κ3) is 4.36. The number of hydrogen-bond donors (Lipinski definition) is 1. The molecule has 2 nitrogen and oxygen atoms in total. The number of amides is 1. The Balaban J connectivity index is 2.01. The fourth-order valence-corrected chi connectivity index (χ4v) is 3.25. The van der Waals surface area contributed by atoms with Crippen molar-refractivity contribution in [2.45, 2.75) is 58.4 Å². The summed E-state index contributed by atoms with van der Waals surface area (Å²) in [6, 6.07) is 9.91. The van der Waals surface area contributed by atoms with E-state index in [1.54, 1.807) is 0 Å². The lowest BCUT2D eigenvalue weighted by Crippen LogP contribution is -2.42. The SMILES string of the molecule is CC(C)CC(NC(=O)c1ccccc1)C1CCCCC1. The van der Waals surface area contributed by atoms with Crippen molar-refractivity contribution < 1.29 is 4.79 Å². The number of carbonyl (C=O) groups is 1. The van der Waals surface area contributed by atoms with Crippen LogP contribution < -0.4 is 5.32 Å². The fraction of sp³-hybridized carbons (Fsp3) is 0.611. The zero-order chi connectivity index (χ0) is 14.4. The second-order valence-corrected chi connectivity index (χ2v) is 6.47. The quantitative estimate of drug-likeness (QED) is 0.846. The maximum absolute atomic E-state index is 12.4. The van der Waals surface area contributed by atoms with E-state index in [0.29, 0.717) is 17.9 Å². The molecule has 1 saturated carbocycles. The van der Waals surface area contributed by atoms with Gasteiger partial charge in [-0.3, -0.25) is 4.79 Å². The highest BCUT2D eigenvalue weighted by atomic mass is 16.1. The molecule has 1 atom stereocenters. The van der Waals surface area contributed by atoms with Crippen LogP contribution in [-0.4, -0.2) is 11.9 Å². The largest absolute Gasteiger partial charge is 0.349 e. The topological polar surface area (TPSA) is 29.1 Å². The summed E-state index contributed by atoms with van der Waals surface area (Å²) < 4.78 is 0. The van der Waals surface area contributed by atoms with Crippen LogP contribution in [0.15, 0.2) is 30.3 Å². The van der Waals surface area contributed by atoms with Crippen molar-refractivity contribution in [1.82, 2.24) is 5.32 Å². The smallest absolute Gasteiger partial charge is 0.251 e. The van der Waals surface area contributed by atoms with Crippen LogP contribution in [0.5, 0.6) is 0 Å². The van der Waals surface area contributed by atoms with E-state index in [9.17, 15) is 4.79 Å². The molecule has 2 heteroatoms. The maximum Gasteiger partial charge on any atom is 0.251 e. The van der Waals surface area contributed by atoms with E-state index >= 15 is 0 Å². The van der Waals surface area contributed by atoms with Gasteiger partial charge >= 0.3 is 0 Å². The fourth-order valence-electron chi connectivity index (χ4n) is 3.25. The van der Waals surface area contributed by atoms with Crippen LogP contribution in [0.4, 0.5) is 0 Å². The average molecular weight is 273 g/mol. The van der Waals surface area contributed by atoms with Crippen molar-refractivity contribution in [2.24, 2.45) is 11.8 Å². The standard InChI is InChI=1S/C18H27NO/c1-14(2)13-17(15-9-5-3-6-10-15)19-18(20)16-11-7-4-8-12-16/h4,7-8,11-12,14-15,17H,3,5-6,9-10,13H2,1-2H3,(H,19,20). The van der Waals surface area contributed by atoms with Gasteiger partial charge < -0.3 is 5.32 Å². The van der Waals surface area contributed by atoms with E-state index in [1.807, 2.05) is 30.3 Å². The van der Waals surface area contributed by atoms with E-state index in [4.69, 9.17) is 0 Å². The first kappa shape index (κ1) is 15.1. The molecule has 1 unspecified atom stereocenters. The average Bonchev–Trinajstić information content (AvgIpc) is 2.48. The molecule has 0 bridgehead atoms. The van der Waals surface area contributed by atoms with Gasteiger partial charge in [0.2, 0.25) is 0 Å². The van der Waals surface area contributed by atoms with Crippen LogP contribution in [0.25, 0.3) is 0 Å². The Labute approximate surface area is 123 Å². The number of carbonyl (C=O) groups excluding carboxylic acids is 1. The van der Waals surface area contributed by atoms with Crippen LogP contribution in [0.2, 0.25) is 0 Å². The summed E-state index contributed by atoms with van der Waals surface area (Å²) in [6.45, 7) is 4.48. The highest BCUT2D eigenvalue weighted by Crippen LogP contribution is 2.29. The lowest BCUT2D eigenvalue weighted by molar-refractivity contribution is 0.0904. The number of hydrogen-bond acceptors (Lipinski definition) is 1. The second-order valence-electron chi connectivity index (χ2n) is 6.47. The van der Waals surface area contributed by atoms with E-state index in [-0.39, 0.29) is 5.91 Å². The van der Waals surface area contributed by atoms with Crippen LogP contribution in [0.3, 0.4) is 0 Å². The highest BCUT2D eigenvalue weighted by molar-refractivity contribution is 5.94. The Morgan fingerprint density at radius 2 is 1.80 bits per heavy atom. The molecule has 0 heterocycles. The first-order valence-electron chi connectivity index (χ1n) is 8.02. The molecule has 0 spiro atoms. The number of nitrogens with one attached hydrogen (secondary N) is 1. The van der Waals surface area contributed by atoms with Gasteiger partial charge in [0, 0.05) is 11.6 Å². The van der Waals surface area contributed by atoms with Gasteiger partial charge in [-0.15, -0.1) is 0 Å². The minimum absolute atomic E-state index is 0.0850. The molecular formula is C18H27NO. The predicted octanol–water partition coefficient (Wildman–Crippen LogP) is 4.41. The van der Waals surface area contributed by atoms with Gasteiger partial charge in [-0.25, -0.2) is 0 Å². The van der Waals surface area contributed by atoms with E-state index in [0.717, 1.165) is 12.0 Å². The van der Waals surface area contributed by atoms with Crippen molar-refractivity contribution in [2.75, 3.05) is 0 Å². The summed E-state index contributed by atoms with van der Waals surface area (Å²) in [4.78, 5) is 12.4. The van der Waals surface area contributed by atoms with Crippen LogP contribution >= 0.6 is 0 Å². The minimum Gasteiger partial charge on any atom is -0.349 e. The van der Waals surface area contributed by atoms with Gasteiger partial charge in [0.25, 0.3) is 5.91 Å². The molecule has 1 aliphatic carbocycles. The summed E-state index contributed by atoms with van der Waals surface area (Å²) >= 11 is 0. The van der Waals surface area contributed by atoms with Crippen LogP contribution in [0, 0.1) is 11.8 Å². The van der Waals surface area contributed by atoms with Gasteiger partial charge in [-0.1, -0.05) is 51.3 Å². The lowest BCUT2D eigenvalue weighted by Gasteiger charge is -2.32. The first-order valence-corrected chi connectivity index (χ1v) is 8.02. The monoisotopic (exact) mass is 273 g/mol. The molecule has 1 aromatic rings. The first-order chi connectivity index (χ1) is 9.66. The third-order valence-electron chi connectivity index (χ3n) is 4.30. The number of rotatable bonds is 5. The van der Waals surface area contributed by atoms with Crippen molar-refractivity contribution >= 4 is 5.91 Å². The van der Waals surface area contributed by atoms with Gasteiger partial charge in [0.1, 0.15) is 0 Å². The second kappa shape index (κ2) is 7.47. The van der Waals surface area contributed by atoms with E-state index in [2.05, 4.69) is 19.2 Å². The Bertz CT molecular complexity index is 407. The van der Waals surface area contributed by atoms with Gasteiger partial charge in [-0.2, -0.15) is 0 Å². The summed E-state index contributed by atoms with van der Waals surface area (Å²) in [7, 11) is 0. The Hall–Kier alpha value is -1.31. The van der Waals surface area contributed by atoms with Gasteiger partial charge in [-0.05, 0) is 43.2 Å². The lowest BCUT2D eigenvalue weighted by atomic mass is 9.81. The maximum atomic E-state index is 12.4. The van der Waals surface area contributed by atoms with Crippen molar-refractivity contribution in [1.29, 1.82) is 0 Å². The summed E-state index contributed by atoms with van der Waals surface area (Å²) in [5, 5.41) is 3.30. The molecule has 1 N–H and O–H groups in total. The summed E-state index contributed by atoms with van der Waals surface area (Å²) in [5.41, 5.74) is 0.775. The minimum atomic E-state index is 0.0850. The predicted molar refractivity (Wildman–Crippen MR) is 83.7 cm³/mol. The van der Waals surface area contributed by atoms with E-state index < -0.39 is 0 Å². The molecule has 0 aliphatic heterocycles. The van der Waals surface area contributed by atoms with Crippen LogP contribution in [-0.2, 0) is 0 Å². The molecule has 2 rings (SSSR count). The number of benzene rings is 1. The third-order valence-corrected chi connectivity index (χ3v) is 4.30. The Kier molecular flexibility index (Phi) is 5.63. The normalized spacial score (nSPS) is 17.9. The Morgan fingerprint density at radius 1 is 1.15 bits per heavy atom. The molecule has 1 aliphatic rings. The zero-order valence-corrected chi connectivity index (χ0v) is 12.8. The molecule has 110 valence electrons. The molecule has 1 amide bonds.